The van der Waals surface area contributed by atoms with E-state index in [1.165, 1.54) is 11.3 Å². The van der Waals surface area contributed by atoms with E-state index in [9.17, 15) is 8.42 Å². The molecule has 0 atom stereocenters. The Morgan fingerprint density at radius 2 is 2.06 bits per heavy atom. The van der Waals surface area contributed by atoms with E-state index >= 15 is 0 Å². The molecule has 0 bridgehead atoms. The molecule has 0 saturated heterocycles. The molecule has 0 aliphatic heterocycles. The maximum absolute atomic E-state index is 12.5. The number of halogens is 1. The van der Waals surface area contributed by atoms with E-state index in [4.69, 9.17) is 0 Å². The molecule has 1 rings (SSSR count). The zero-order valence-electron chi connectivity index (χ0n) is 10.1. The third-order valence-corrected chi connectivity index (χ3v) is 6.39. The van der Waals surface area contributed by atoms with Gasteiger partial charge in [-0.1, -0.05) is 35.8 Å². The lowest BCUT2D eigenvalue weighted by Gasteiger charge is -2.28. The van der Waals surface area contributed by atoms with Crippen LogP contribution in [0.4, 0.5) is 0 Å². The van der Waals surface area contributed by atoms with Gasteiger partial charge in [-0.15, -0.1) is 11.3 Å². The Morgan fingerprint density at radius 1 is 1.41 bits per heavy atom. The average Bonchev–Trinajstić information content (AvgIpc) is 2.83. The molecule has 17 heavy (non-hydrogen) atoms. The van der Waals surface area contributed by atoms with Crippen molar-refractivity contribution in [2.45, 2.75) is 36.9 Å². The van der Waals surface area contributed by atoms with Crippen molar-refractivity contribution in [2.75, 3.05) is 11.9 Å². The molecule has 6 heteroatoms. The fourth-order valence-electron chi connectivity index (χ4n) is 1.80. The van der Waals surface area contributed by atoms with Crippen LogP contribution in [0.3, 0.4) is 0 Å². The lowest BCUT2D eigenvalue weighted by atomic mass is 10.2. The molecule has 0 aliphatic carbocycles. The summed E-state index contributed by atoms with van der Waals surface area (Å²) in [6.07, 6.45) is 1.68. The van der Waals surface area contributed by atoms with Gasteiger partial charge in [0, 0.05) is 17.9 Å². The fraction of sp³-hybridized carbons (Fsp3) is 0.636. The van der Waals surface area contributed by atoms with Gasteiger partial charge in [0.15, 0.2) is 0 Å². The third kappa shape index (κ3) is 3.53. The average molecular weight is 340 g/mol. The lowest BCUT2D eigenvalue weighted by molar-refractivity contribution is 0.318. The maximum Gasteiger partial charge on any atom is 0.252 e. The van der Waals surface area contributed by atoms with E-state index in [1.54, 1.807) is 21.8 Å². The first-order valence-electron chi connectivity index (χ1n) is 5.69. The Balaban J connectivity index is 3.06. The Kier molecular flexibility index (Phi) is 6.12. The zero-order chi connectivity index (χ0) is 12.9. The summed E-state index contributed by atoms with van der Waals surface area (Å²) >= 11 is 4.61. The predicted molar refractivity (Wildman–Crippen MR) is 76.4 cm³/mol. The highest BCUT2D eigenvalue weighted by Crippen LogP contribution is 2.24. The van der Waals surface area contributed by atoms with Crippen molar-refractivity contribution in [3.8, 4) is 0 Å². The molecule has 98 valence electrons. The number of thiophene rings is 1. The van der Waals surface area contributed by atoms with E-state index < -0.39 is 10.0 Å². The molecule has 0 spiro atoms. The van der Waals surface area contributed by atoms with Gasteiger partial charge < -0.3 is 0 Å². The maximum atomic E-state index is 12.5. The standard InChI is InChI=1S/C11H18BrNO2S2/c1-3-10(4-2)13(8-7-12)17(14,15)11-6-5-9-16-11/h5-6,9-10H,3-4,7-8H2,1-2H3. The van der Waals surface area contributed by atoms with Crippen LogP contribution in [0.1, 0.15) is 26.7 Å². The lowest BCUT2D eigenvalue weighted by Crippen LogP contribution is -2.40. The Morgan fingerprint density at radius 3 is 2.47 bits per heavy atom. The molecule has 0 aromatic carbocycles. The monoisotopic (exact) mass is 339 g/mol. The second kappa shape index (κ2) is 6.87. The summed E-state index contributed by atoms with van der Waals surface area (Å²) in [4.78, 5) is 0. The van der Waals surface area contributed by atoms with Gasteiger partial charge in [-0.25, -0.2) is 8.42 Å². The van der Waals surface area contributed by atoms with Crippen molar-refractivity contribution in [2.24, 2.45) is 0 Å². The number of sulfonamides is 1. The molecule has 0 unspecified atom stereocenters. The normalized spacial score (nSPS) is 12.5. The summed E-state index contributed by atoms with van der Waals surface area (Å²) in [5.74, 6) is 0. The second-order valence-electron chi connectivity index (χ2n) is 3.71. The Labute approximate surface area is 116 Å². The minimum Gasteiger partial charge on any atom is -0.206 e. The molecule has 1 aromatic rings. The summed E-state index contributed by atoms with van der Waals surface area (Å²) in [5, 5.41) is 2.46. The predicted octanol–water partition coefficient (Wildman–Crippen LogP) is 3.32. The molecule has 0 fully saturated rings. The van der Waals surface area contributed by atoms with Crippen LogP contribution in [0.25, 0.3) is 0 Å². The van der Waals surface area contributed by atoms with Crippen molar-refractivity contribution >= 4 is 37.3 Å². The van der Waals surface area contributed by atoms with Gasteiger partial charge in [0.1, 0.15) is 4.21 Å². The minimum atomic E-state index is -3.32. The van der Waals surface area contributed by atoms with Crippen LogP contribution in [0, 0.1) is 0 Å². The highest BCUT2D eigenvalue weighted by Gasteiger charge is 2.29. The van der Waals surface area contributed by atoms with Crippen LogP contribution in [0.5, 0.6) is 0 Å². The summed E-state index contributed by atoms with van der Waals surface area (Å²) in [5.41, 5.74) is 0. The molecular weight excluding hydrogens is 322 g/mol. The number of alkyl halides is 1. The quantitative estimate of drug-likeness (QED) is 0.714. The number of rotatable bonds is 7. The molecule has 0 N–H and O–H groups in total. The van der Waals surface area contributed by atoms with E-state index in [2.05, 4.69) is 15.9 Å². The van der Waals surface area contributed by atoms with Crippen molar-refractivity contribution in [3.05, 3.63) is 17.5 Å². The number of hydrogen-bond acceptors (Lipinski definition) is 3. The molecule has 3 nitrogen and oxygen atoms in total. The first-order chi connectivity index (χ1) is 8.07. The van der Waals surface area contributed by atoms with Crippen LogP contribution < -0.4 is 0 Å². The van der Waals surface area contributed by atoms with Crippen LogP contribution in [0.15, 0.2) is 21.7 Å². The van der Waals surface area contributed by atoms with Gasteiger partial charge in [0.25, 0.3) is 10.0 Å². The van der Waals surface area contributed by atoms with Crippen LogP contribution in [-0.4, -0.2) is 30.6 Å². The van der Waals surface area contributed by atoms with Crippen molar-refractivity contribution in [1.29, 1.82) is 0 Å². The second-order valence-corrected chi connectivity index (χ2v) is 7.57. The Bertz CT molecular complexity index is 413. The minimum absolute atomic E-state index is 0.0830. The number of hydrogen-bond donors (Lipinski definition) is 0. The zero-order valence-corrected chi connectivity index (χ0v) is 13.3. The molecular formula is C11H18BrNO2S2. The van der Waals surface area contributed by atoms with E-state index in [1.807, 2.05) is 13.8 Å². The first-order valence-corrected chi connectivity index (χ1v) is 9.13. The van der Waals surface area contributed by atoms with E-state index in [0.29, 0.717) is 16.1 Å². The van der Waals surface area contributed by atoms with E-state index in [-0.39, 0.29) is 6.04 Å². The van der Waals surface area contributed by atoms with Crippen molar-refractivity contribution in [3.63, 3.8) is 0 Å². The molecule has 1 heterocycles. The summed E-state index contributed by atoms with van der Waals surface area (Å²) in [7, 11) is -3.32. The van der Waals surface area contributed by atoms with Crippen LogP contribution in [0.2, 0.25) is 0 Å². The van der Waals surface area contributed by atoms with Gasteiger partial charge in [-0.05, 0) is 24.3 Å². The topological polar surface area (TPSA) is 37.4 Å². The largest absolute Gasteiger partial charge is 0.252 e. The molecule has 0 radical (unpaired) electrons. The van der Waals surface area contributed by atoms with Gasteiger partial charge in [0.2, 0.25) is 0 Å². The molecule has 0 amide bonds. The summed E-state index contributed by atoms with van der Waals surface area (Å²) in [6.45, 7) is 4.57. The van der Waals surface area contributed by atoms with Crippen molar-refractivity contribution < 1.29 is 8.42 Å². The SMILES string of the molecule is CCC(CC)N(CCBr)S(=O)(=O)c1cccs1. The highest BCUT2D eigenvalue weighted by atomic mass is 79.9. The first kappa shape index (κ1) is 15.1. The van der Waals surface area contributed by atoms with Gasteiger partial charge in [-0.2, -0.15) is 4.31 Å². The van der Waals surface area contributed by atoms with Gasteiger partial charge in [0.05, 0.1) is 0 Å². The van der Waals surface area contributed by atoms with Crippen LogP contribution in [-0.2, 0) is 10.0 Å². The fourth-order valence-corrected chi connectivity index (χ4v) is 5.31. The number of nitrogens with zero attached hydrogens (tertiary/aromatic N) is 1. The van der Waals surface area contributed by atoms with Gasteiger partial charge >= 0.3 is 0 Å². The third-order valence-electron chi connectivity index (χ3n) is 2.71. The summed E-state index contributed by atoms with van der Waals surface area (Å²) < 4.78 is 27.0. The molecule has 1 aromatic heterocycles. The van der Waals surface area contributed by atoms with Crippen LogP contribution >= 0.6 is 27.3 Å². The van der Waals surface area contributed by atoms with Gasteiger partial charge in [-0.3, -0.25) is 0 Å². The van der Waals surface area contributed by atoms with Crippen molar-refractivity contribution in [1.82, 2.24) is 4.31 Å². The molecule has 0 aliphatic rings. The van der Waals surface area contributed by atoms with E-state index in [0.717, 1.165) is 12.8 Å². The summed E-state index contributed by atoms with van der Waals surface area (Å²) in [6, 6.07) is 3.53. The smallest absolute Gasteiger partial charge is 0.206 e. The highest BCUT2D eigenvalue weighted by molar-refractivity contribution is 9.09. The Hall–Kier alpha value is 0.0900. The molecule has 0 saturated carbocycles.